The van der Waals surface area contributed by atoms with Crippen LogP contribution in [0.15, 0.2) is 48.8 Å². The maximum absolute atomic E-state index is 13.6. The Labute approximate surface area is 244 Å². The largest absolute Gasteiger partial charge is 0.444 e. The monoisotopic (exact) mass is 579 g/mol. The lowest BCUT2D eigenvalue weighted by molar-refractivity contribution is -0.131. The Hall–Kier alpha value is -4.48. The topological polar surface area (TPSA) is 130 Å². The van der Waals surface area contributed by atoms with Gasteiger partial charge in [-0.1, -0.05) is 12.1 Å². The summed E-state index contributed by atoms with van der Waals surface area (Å²) in [5.74, 6) is -0.477. The van der Waals surface area contributed by atoms with E-state index in [0.29, 0.717) is 36.6 Å². The zero-order valence-corrected chi connectivity index (χ0v) is 24.4. The van der Waals surface area contributed by atoms with Gasteiger partial charge in [-0.05, 0) is 69.9 Å². The van der Waals surface area contributed by atoms with Crippen LogP contribution in [0.5, 0.6) is 0 Å². The summed E-state index contributed by atoms with van der Waals surface area (Å²) in [5.41, 5.74) is 1.97. The first-order valence-corrected chi connectivity index (χ1v) is 14.0. The van der Waals surface area contributed by atoms with Crippen LogP contribution in [0.4, 0.5) is 15.0 Å². The highest BCUT2D eigenvalue weighted by Crippen LogP contribution is 2.22. The van der Waals surface area contributed by atoms with Crippen molar-refractivity contribution in [2.24, 2.45) is 7.05 Å². The van der Waals surface area contributed by atoms with Gasteiger partial charge in [0.15, 0.2) is 0 Å². The first-order chi connectivity index (χ1) is 20.0. The molecule has 3 N–H and O–H groups in total. The Kier molecular flexibility index (Phi) is 9.76. The van der Waals surface area contributed by atoms with Gasteiger partial charge in [0.05, 0.1) is 17.5 Å². The molecule has 3 aromatic rings. The quantitative estimate of drug-likeness (QED) is 0.335. The van der Waals surface area contributed by atoms with Crippen molar-refractivity contribution in [3.63, 3.8) is 0 Å². The molecule has 1 aliphatic rings. The fourth-order valence-electron chi connectivity index (χ4n) is 4.75. The van der Waals surface area contributed by atoms with E-state index in [1.807, 2.05) is 19.3 Å². The second-order valence-electron chi connectivity index (χ2n) is 11.3. The van der Waals surface area contributed by atoms with Crippen molar-refractivity contribution < 1.29 is 23.5 Å². The SMILES string of the molecule is Cn1cc(-c2ccc(C(=O)NC[C@H]3CCCN3C(=O)CNC(=O)OC(C)(C)C)c(NCCc3cccc(F)c3)n2)cn1. The second kappa shape index (κ2) is 13.5. The van der Waals surface area contributed by atoms with Gasteiger partial charge >= 0.3 is 6.09 Å². The maximum Gasteiger partial charge on any atom is 0.408 e. The summed E-state index contributed by atoms with van der Waals surface area (Å²) >= 11 is 0. The molecule has 0 saturated carbocycles. The van der Waals surface area contributed by atoms with E-state index in [1.54, 1.807) is 54.7 Å². The Morgan fingerprint density at radius 3 is 2.67 bits per heavy atom. The number of amides is 3. The molecule has 2 aromatic heterocycles. The zero-order valence-electron chi connectivity index (χ0n) is 24.4. The molecule has 0 bridgehead atoms. The molecule has 42 heavy (non-hydrogen) atoms. The van der Waals surface area contributed by atoms with E-state index >= 15 is 0 Å². The van der Waals surface area contributed by atoms with Crippen LogP contribution in [0.3, 0.4) is 0 Å². The van der Waals surface area contributed by atoms with Crippen molar-refractivity contribution in [3.8, 4) is 11.3 Å². The molecule has 3 heterocycles. The molecule has 0 radical (unpaired) electrons. The Morgan fingerprint density at radius 1 is 1.14 bits per heavy atom. The molecular weight excluding hydrogens is 541 g/mol. The van der Waals surface area contributed by atoms with Crippen molar-refractivity contribution in [2.75, 3.05) is 31.5 Å². The van der Waals surface area contributed by atoms with Crippen LogP contribution in [-0.2, 0) is 23.0 Å². The Balaban J connectivity index is 1.40. The summed E-state index contributed by atoms with van der Waals surface area (Å²) in [5, 5.41) is 12.9. The van der Waals surface area contributed by atoms with Crippen LogP contribution in [0, 0.1) is 5.82 Å². The molecule has 12 heteroatoms. The molecule has 0 unspecified atom stereocenters. The normalized spacial score (nSPS) is 14.9. The lowest BCUT2D eigenvalue weighted by atomic mass is 10.1. The molecule has 4 rings (SSSR count). The minimum Gasteiger partial charge on any atom is -0.444 e. The third-order valence-electron chi connectivity index (χ3n) is 6.71. The van der Waals surface area contributed by atoms with E-state index in [9.17, 15) is 18.8 Å². The number of carbonyl (C=O) groups excluding carboxylic acids is 3. The number of rotatable bonds is 10. The lowest BCUT2D eigenvalue weighted by Gasteiger charge is -2.26. The average molecular weight is 580 g/mol. The number of nitrogens with one attached hydrogen (secondary N) is 3. The molecule has 224 valence electrons. The molecule has 11 nitrogen and oxygen atoms in total. The van der Waals surface area contributed by atoms with E-state index in [2.05, 4.69) is 21.0 Å². The van der Waals surface area contributed by atoms with E-state index in [1.165, 1.54) is 12.1 Å². The number of pyridine rings is 1. The summed E-state index contributed by atoms with van der Waals surface area (Å²) in [4.78, 5) is 44.5. The molecule has 3 amide bonds. The summed E-state index contributed by atoms with van der Waals surface area (Å²) in [6.07, 6.45) is 4.94. The van der Waals surface area contributed by atoms with Gasteiger partial charge in [0.25, 0.3) is 5.91 Å². The number of ether oxygens (including phenoxy) is 1. The summed E-state index contributed by atoms with van der Waals surface area (Å²) in [7, 11) is 1.81. The minimum absolute atomic E-state index is 0.182. The predicted octanol–water partition coefficient (Wildman–Crippen LogP) is 3.52. The van der Waals surface area contributed by atoms with Crippen LogP contribution >= 0.6 is 0 Å². The number of likely N-dealkylation sites (tertiary alicyclic amines) is 1. The van der Waals surface area contributed by atoms with E-state index in [-0.39, 0.29) is 36.8 Å². The van der Waals surface area contributed by atoms with Crippen LogP contribution < -0.4 is 16.0 Å². The second-order valence-corrected chi connectivity index (χ2v) is 11.3. The summed E-state index contributed by atoms with van der Waals surface area (Å²) in [6, 6.07) is 9.65. The van der Waals surface area contributed by atoms with Crippen molar-refractivity contribution in [3.05, 3.63) is 65.7 Å². The molecular formula is C30H38FN7O4. The highest BCUT2D eigenvalue weighted by atomic mass is 19.1. The number of carbonyl (C=O) groups is 3. The van der Waals surface area contributed by atoms with E-state index in [4.69, 9.17) is 9.72 Å². The summed E-state index contributed by atoms with van der Waals surface area (Å²) in [6.45, 7) is 6.30. The molecule has 0 aliphatic carbocycles. The van der Waals surface area contributed by atoms with Gasteiger partial charge in [-0.15, -0.1) is 0 Å². The van der Waals surface area contributed by atoms with Crippen LogP contribution in [0.1, 0.15) is 49.5 Å². The number of halogens is 1. The number of alkyl carbamates (subject to hydrolysis) is 1. The van der Waals surface area contributed by atoms with Crippen molar-refractivity contribution in [2.45, 2.75) is 51.7 Å². The number of benzene rings is 1. The van der Waals surface area contributed by atoms with E-state index in [0.717, 1.165) is 24.0 Å². The van der Waals surface area contributed by atoms with Crippen molar-refractivity contribution >= 4 is 23.7 Å². The molecule has 1 aromatic carbocycles. The van der Waals surface area contributed by atoms with Gasteiger partial charge in [0, 0.05) is 44.5 Å². The molecule has 1 fully saturated rings. The number of aryl methyl sites for hydroxylation is 1. The maximum atomic E-state index is 13.6. The minimum atomic E-state index is -0.661. The van der Waals surface area contributed by atoms with Gasteiger partial charge in [0.2, 0.25) is 5.91 Å². The van der Waals surface area contributed by atoms with Gasteiger partial charge in [-0.25, -0.2) is 14.2 Å². The fraction of sp³-hybridized carbons (Fsp3) is 0.433. The molecule has 1 atom stereocenters. The van der Waals surface area contributed by atoms with Gasteiger partial charge in [-0.2, -0.15) is 5.10 Å². The molecule has 1 aliphatic heterocycles. The van der Waals surface area contributed by atoms with Gasteiger partial charge in [-0.3, -0.25) is 14.3 Å². The van der Waals surface area contributed by atoms with Gasteiger partial charge < -0.3 is 25.6 Å². The lowest BCUT2D eigenvalue weighted by Crippen LogP contribution is -2.47. The van der Waals surface area contributed by atoms with Crippen LogP contribution in [0.2, 0.25) is 0 Å². The number of hydrogen-bond acceptors (Lipinski definition) is 7. The highest BCUT2D eigenvalue weighted by Gasteiger charge is 2.30. The van der Waals surface area contributed by atoms with Gasteiger partial charge in [0.1, 0.15) is 23.8 Å². The number of anilines is 1. The Morgan fingerprint density at radius 2 is 1.95 bits per heavy atom. The highest BCUT2D eigenvalue weighted by molar-refractivity contribution is 5.99. The zero-order chi connectivity index (χ0) is 30.3. The van der Waals surface area contributed by atoms with Crippen molar-refractivity contribution in [1.82, 2.24) is 30.3 Å². The smallest absolute Gasteiger partial charge is 0.408 e. The van der Waals surface area contributed by atoms with Crippen molar-refractivity contribution in [1.29, 1.82) is 0 Å². The molecule has 1 saturated heterocycles. The first-order valence-electron chi connectivity index (χ1n) is 14.0. The third-order valence-corrected chi connectivity index (χ3v) is 6.71. The van der Waals surface area contributed by atoms with Crippen LogP contribution in [-0.4, -0.2) is 75.4 Å². The van der Waals surface area contributed by atoms with Crippen LogP contribution in [0.25, 0.3) is 11.3 Å². The number of hydrogen-bond donors (Lipinski definition) is 3. The number of nitrogens with zero attached hydrogens (tertiary/aromatic N) is 4. The average Bonchev–Trinajstić information content (AvgIpc) is 3.58. The standard InChI is InChI=1S/C30H38FN7O4/c1-30(2,3)42-29(41)34-18-26(39)38-14-6-9-23(38)17-33-28(40)24-10-11-25(21-16-35-37(4)19-21)36-27(24)32-13-12-20-7-5-8-22(31)15-20/h5,7-8,10-11,15-16,19,23H,6,9,12-14,17-18H2,1-4H3,(H,32,36)(H,33,40)(H,34,41)/t23-/m1/s1. The third kappa shape index (κ3) is 8.51. The molecule has 0 spiro atoms. The fourth-order valence-corrected chi connectivity index (χ4v) is 4.75. The Bertz CT molecular complexity index is 1420. The number of aromatic nitrogens is 3. The summed E-state index contributed by atoms with van der Waals surface area (Å²) < 4.78 is 20.5. The first kappa shape index (κ1) is 30.5. The van der Waals surface area contributed by atoms with E-state index < -0.39 is 11.7 Å². The predicted molar refractivity (Wildman–Crippen MR) is 156 cm³/mol.